The van der Waals surface area contributed by atoms with Crippen molar-refractivity contribution in [2.24, 2.45) is 11.8 Å². The fourth-order valence-corrected chi connectivity index (χ4v) is 4.48. The number of hydrogen-bond acceptors (Lipinski definition) is 4. The number of likely N-dealkylation sites (tertiary alicyclic amines) is 1. The number of thiophene rings is 1. The first-order chi connectivity index (χ1) is 11.7. The zero-order valence-electron chi connectivity index (χ0n) is 13.6. The Morgan fingerprint density at radius 1 is 1.36 bits per heavy atom. The number of rotatable bonds is 3. The van der Waals surface area contributed by atoms with Crippen LogP contribution >= 0.6 is 11.3 Å². The number of carboxylic acids is 1. The van der Waals surface area contributed by atoms with Gasteiger partial charge in [0.1, 0.15) is 0 Å². The molecule has 1 N–H and O–H groups in total. The minimum atomic E-state index is -4.59. The summed E-state index contributed by atoms with van der Waals surface area (Å²) in [6.07, 6.45) is -3.84. The second-order valence-corrected chi connectivity index (χ2v) is 7.60. The second kappa shape index (κ2) is 6.60. The largest absolute Gasteiger partial charge is 0.481 e. The molecule has 3 rings (SSSR count). The van der Waals surface area contributed by atoms with Gasteiger partial charge in [0.15, 0.2) is 0 Å². The number of nitrogens with zero attached hydrogens (tertiary/aromatic N) is 2. The molecule has 1 saturated heterocycles. The van der Waals surface area contributed by atoms with Crippen LogP contribution in [-0.2, 0) is 22.6 Å². The van der Waals surface area contributed by atoms with E-state index in [2.05, 4.69) is 0 Å². The first kappa shape index (κ1) is 18.2. The molecule has 1 aromatic rings. The summed E-state index contributed by atoms with van der Waals surface area (Å²) in [4.78, 5) is 28.1. The number of halogens is 3. The highest BCUT2D eigenvalue weighted by Gasteiger charge is 2.53. The van der Waals surface area contributed by atoms with Crippen LogP contribution in [-0.4, -0.2) is 58.6 Å². The van der Waals surface area contributed by atoms with Crippen LogP contribution in [0.25, 0.3) is 0 Å². The normalized spacial score (nSPS) is 25.7. The lowest BCUT2D eigenvalue weighted by Crippen LogP contribution is -2.48. The molecule has 0 saturated carbocycles. The standard InChI is InChI=1S/C16H19F3N2O3S/c1-9(14(22)20-4-2-13-10(6-20)3-5-25-13)21-7-11(15(23)24)12(8-21)16(17,18)19/h3,5,9,11-12H,2,4,6-8H2,1H3,(H,23,24)/t9?,11-,12-/m1/s1. The van der Waals surface area contributed by atoms with Crippen molar-refractivity contribution in [1.82, 2.24) is 9.80 Å². The maximum absolute atomic E-state index is 13.1. The number of alkyl halides is 3. The summed E-state index contributed by atoms with van der Waals surface area (Å²) in [7, 11) is 0. The Kier molecular flexibility index (Phi) is 4.80. The molecule has 1 aromatic heterocycles. The fraction of sp³-hybridized carbons (Fsp3) is 0.625. The van der Waals surface area contributed by atoms with E-state index in [-0.39, 0.29) is 12.5 Å². The first-order valence-corrected chi connectivity index (χ1v) is 8.94. The van der Waals surface area contributed by atoms with E-state index in [1.807, 2.05) is 11.4 Å². The van der Waals surface area contributed by atoms with E-state index in [9.17, 15) is 22.8 Å². The molecule has 25 heavy (non-hydrogen) atoms. The van der Waals surface area contributed by atoms with Gasteiger partial charge < -0.3 is 10.0 Å². The second-order valence-electron chi connectivity index (χ2n) is 6.60. The molecule has 0 aromatic carbocycles. The van der Waals surface area contributed by atoms with Crippen molar-refractivity contribution in [2.75, 3.05) is 19.6 Å². The van der Waals surface area contributed by atoms with Crippen molar-refractivity contribution in [3.8, 4) is 0 Å². The van der Waals surface area contributed by atoms with Gasteiger partial charge >= 0.3 is 12.1 Å². The topological polar surface area (TPSA) is 60.9 Å². The highest BCUT2D eigenvalue weighted by Crippen LogP contribution is 2.38. The summed E-state index contributed by atoms with van der Waals surface area (Å²) in [6.45, 7) is 1.84. The van der Waals surface area contributed by atoms with Crippen molar-refractivity contribution in [3.05, 3.63) is 21.9 Å². The molecule has 0 radical (unpaired) electrons. The summed E-state index contributed by atoms with van der Waals surface area (Å²) in [5.41, 5.74) is 1.08. The molecular formula is C16H19F3N2O3S. The molecule has 0 aliphatic carbocycles. The van der Waals surface area contributed by atoms with Gasteiger partial charge in [-0.2, -0.15) is 13.2 Å². The van der Waals surface area contributed by atoms with Crippen LogP contribution in [0.3, 0.4) is 0 Å². The number of aliphatic carboxylic acids is 1. The van der Waals surface area contributed by atoms with Gasteiger partial charge in [-0.1, -0.05) is 0 Å². The van der Waals surface area contributed by atoms with Crippen LogP contribution in [0.2, 0.25) is 0 Å². The first-order valence-electron chi connectivity index (χ1n) is 8.06. The van der Waals surface area contributed by atoms with Crippen LogP contribution in [0.5, 0.6) is 0 Å². The van der Waals surface area contributed by atoms with Gasteiger partial charge in [0, 0.05) is 31.1 Å². The molecule has 1 fully saturated rings. The van der Waals surface area contributed by atoms with Crippen molar-refractivity contribution < 1.29 is 27.9 Å². The van der Waals surface area contributed by atoms with Crippen LogP contribution in [0.15, 0.2) is 11.4 Å². The van der Waals surface area contributed by atoms with E-state index in [0.717, 1.165) is 12.0 Å². The van der Waals surface area contributed by atoms with Crippen molar-refractivity contribution in [1.29, 1.82) is 0 Å². The Hall–Kier alpha value is -1.61. The summed E-state index contributed by atoms with van der Waals surface area (Å²) in [6, 6.07) is 1.19. The highest BCUT2D eigenvalue weighted by molar-refractivity contribution is 7.10. The Bertz CT molecular complexity index is 676. The minimum Gasteiger partial charge on any atom is -0.481 e. The predicted molar refractivity (Wildman–Crippen MR) is 85.1 cm³/mol. The summed E-state index contributed by atoms with van der Waals surface area (Å²) < 4.78 is 39.3. The predicted octanol–water partition coefficient (Wildman–Crippen LogP) is 2.22. The lowest BCUT2D eigenvalue weighted by Gasteiger charge is -2.32. The maximum atomic E-state index is 13.1. The molecule has 3 atom stereocenters. The molecule has 9 heteroatoms. The number of carboxylic acid groups (broad SMARTS) is 1. The van der Waals surface area contributed by atoms with Gasteiger partial charge in [0.2, 0.25) is 5.91 Å². The van der Waals surface area contributed by atoms with E-state index in [1.165, 1.54) is 9.78 Å². The van der Waals surface area contributed by atoms with E-state index in [4.69, 9.17) is 5.11 Å². The SMILES string of the molecule is CC(C(=O)N1CCc2sccc2C1)N1C[C@@H](C(F)(F)F)[C@H](C(=O)O)C1. The van der Waals surface area contributed by atoms with E-state index in [0.29, 0.717) is 13.1 Å². The van der Waals surface area contributed by atoms with Gasteiger partial charge in [0.05, 0.1) is 17.9 Å². The Morgan fingerprint density at radius 2 is 2.08 bits per heavy atom. The zero-order chi connectivity index (χ0) is 18.4. The van der Waals surface area contributed by atoms with Gasteiger partial charge in [0.25, 0.3) is 0 Å². The van der Waals surface area contributed by atoms with Crippen molar-refractivity contribution in [3.63, 3.8) is 0 Å². The van der Waals surface area contributed by atoms with Gasteiger partial charge in [-0.05, 0) is 30.4 Å². The number of hydrogen-bond donors (Lipinski definition) is 1. The van der Waals surface area contributed by atoms with Gasteiger partial charge in [-0.3, -0.25) is 14.5 Å². The van der Waals surface area contributed by atoms with E-state index < -0.39 is 36.6 Å². The molecule has 138 valence electrons. The van der Waals surface area contributed by atoms with Crippen molar-refractivity contribution in [2.45, 2.75) is 32.1 Å². The molecule has 1 amide bonds. The van der Waals surface area contributed by atoms with E-state index in [1.54, 1.807) is 23.2 Å². The van der Waals surface area contributed by atoms with Crippen LogP contribution < -0.4 is 0 Å². The zero-order valence-corrected chi connectivity index (χ0v) is 14.4. The molecular weight excluding hydrogens is 357 g/mol. The molecule has 5 nitrogen and oxygen atoms in total. The third-order valence-corrected chi connectivity index (χ3v) is 6.13. The molecule has 2 aliphatic rings. The summed E-state index contributed by atoms with van der Waals surface area (Å²) in [5, 5.41) is 11.1. The smallest absolute Gasteiger partial charge is 0.393 e. The molecule has 3 heterocycles. The summed E-state index contributed by atoms with van der Waals surface area (Å²) >= 11 is 1.64. The Morgan fingerprint density at radius 3 is 2.68 bits per heavy atom. The average Bonchev–Trinajstić information content (AvgIpc) is 3.18. The Balaban J connectivity index is 1.70. The van der Waals surface area contributed by atoms with E-state index >= 15 is 0 Å². The number of fused-ring (bicyclic) bond motifs is 1. The lowest BCUT2D eigenvalue weighted by molar-refractivity contribution is -0.188. The third kappa shape index (κ3) is 3.52. The molecule has 1 unspecified atom stereocenters. The molecule has 0 bridgehead atoms. The number of carbonyl (C=O) groups is 2. The maximum Gasteiger partial charge on any atom is 0.393 e. The molecule has 2 aliphatic heterocycles. The Labute approximate surface area is 147 Å². The molecule has 0 spiro atoms. The highest BCUT2D eigenvalue weighted by atomic mass is 32.1. The summed E-state index contributed by atoms with van der Waals surface area (Å²) in [5.74, 6) is -5.18. The monoisotopic (exact) mass is 376 g/mol. The van der Waals surface area contributed by atoms with Crippen molar-refractivity contribution >= 4 is 23.2 Å². The third-order valence-electron chi connectivity index (χ3n) is 5.11. The lowest BCUT2D eigenvalue weighted by atomic mass is 9.96. The minimum absolute atomic E-state index is 0.246. The van der Waals surface area contributed by atoms with Gasteiger partial charge in [-0.25, -0.2) is 0 Å². The fourth-order valence-electron chi connectivity index (χ4n) is 3.59. The quantitative estimate of drug-likeness (QED) is 0.879. The van der Waals surface area contributed by atoms with Crippen LogP contribution in [0.4, 0.5) is 13.2 Å². The number of amides is 1. The van der Waals surface area contributed by atoms with Gasteiger partial charge in [-0.15, -0.1) is 11.3 Å². The number of carbonyl (C=O) groups excluding carboxylic acids is 1. The average molecular weight is 376 g/mol. The van der Waals surface area contributed by atoms with Crippen LogP contribution in [0, 0.1) is 11.8 Å². The van der Waals surface area contributed by atoms with Crippen LogP contribution in [0.1, 0.15) is 17.4 Å².